The zero-order valence-electron chi connectivity index (χ0n) is 27.9. The van der Waals surface area contributed by atoms with Crippen molar-refractivity contribution in [2.75, 3.05) is 0 Å². The van der Waals surface area contributed by atoms with Crippen LogP contribution < -0.4 is 0 Å². The maximum Gasteiger partial charge on any atom is 0.0544 e. The topological polar surface area (TPSA) is 4.93 Å². The first-order valence-corrected chi connectivity index (χ1v) is 18.0. The Labute approximate surface area is 295 Å². The van der Waals surface area contributed by atoms with Crippen molar-refractivity contribution in [3.63, 3.8) is 0 Å². The van der Waals surface area contributed by atoms with E-state index in [9.17, 15) is 0 Å². The van der Waals surface area contributed by atoms with E-state index in [1.165, 1.54) is 115 Å². The Balaban J connectivity index is 1.16. The molecule has 10 aromatic rings. The smallest absolute Gasteiger partial charge is 0.0544 e. The largest absolute Gasteiger partial charge is 0.309 e. The van der Waals surface area contributed by atoms with Crippen molar-refractivity contribution >= 4 is 54.1 Å². The summed E-state index contributed by atoms with van der Waals surface area (Å²) in [4.78, 5) is 0. The van der Waals surface area contributed by atoms with Crippen LogP contribution in [-0.2, 0) is 12.8 Å². The summed E-state index contributed by atoms with van der Waals surface area (Å²) >= 11 is 0. The minimum absolute atomic E-state index is 0.941. The Bertz CT molecular complexity index is 3100. The average molecular weight is 646 g/mol. The molecule has 0 atom stereocenters. The summed E-state index contributed by atoms with van der Waals surface area (Å²) in [5.74, 6) is 0. The molecule has 1 heteroatoms. The molecule has 2 aliphatic rings. The molecule has 0 aliphatic heterocycles. The Kier molecular flexibility index (Phi) is 5.40. The van der Waals surface area contributed by atoms with Crippen LogP contribution in [0.1, 0.15) is 22.3 Å². The number of nitrogens with zero attached hydrogens (tertiary/aromatic N) is 1. The summed E-state index contributed by atoms with van der Waals surface area (Å²) < 4.78 is 2.53. The van der Waals surface area contributed by atoms with Gasteiger partial charge < -0.3 is 4.57 Å². The predicted molar refractivity (Wildman–Crippen MR) is 215 cm³/mol. The fourth-order valence-corrected chi connectivity index (χ4v) is 9.65. The van der Waals surface area contributed by atoms with Crippen molar-refractivity contribution in [1.82, 2.24) is 4.57 Å². The van der Waals surface area contributed by atoms with Gasteiger partial charge in [-0.25, -0.2) is 0 Å². The van der Waals surface area contributed by atoms with Crippen LogP contribution in [-0.4, -0.2) is 4.57 Å². The van der Waals surface area contributed by atoms with E-state index in [0.717, 1.165) is 12.8 Å². The second kappa shape index (κ2) is 10.1. The van der Waals surface area contributed by atoms with Crippen LogP contribution in [0.15, 0.2) is 164 Å². The summed E-state index contributed by atoms with van der Waals surface area (Å²) in [6.07, 6.45) is 1.91. The van der Waals surface area contributed by atoms with Crippen molar-refractivity contribution in [1.29, 1.82) is 0 Å². The van der Waals surface area contributed by atoms with E-state index in [-0.39, 0.29) is 0 Å². The van der Waals surface area contributed by atoms with E-state index in [1.54, 1.807) is 0 Å². The molecule has 0 spiro atoms. The van der Waals surface area contributed by atoms with Gasteiger partial charge in [0.15, 0.2) is 0 Å². The van der Waals surface area contributed by atoms with Crippen molar-refractivity contribution in [2.24, 2.45) is 0 Å². The van der Waals surface area contributed by atoms with Crippen LogP contribution in [0.2, 0.25) is 0 Å². The Morgan fingerprint density at radius 1 is 0.333 bits per heavy atom. The zero-order chi connectivity index (χ0) is 33.2. The first kappa shape index (κ1) is 27.4. The quantitative estimate of drug-likeness (QED) is 0.165. The van der Waals surface area contributed by atoms with E-state index in [0.29, 0.717) is 0 Å². The molecule has 51 heavy (non-hydrogen) atoms. The molecule has 0 N–H and O–H groups in total. The maximum atomic E-state index is 2.53. The maximum absolute atomic E-state index is 2.53. The normalized spacial score (nSPS) is 12.9. The molecule has 0 bridgehead atoms. The van der Waals surface area contributed by atoms with Gasteiger partial charge in [-0.2, -0.15) is 0 Å². The van der Waals surface area contributed by atoms with Crippen molar-refractivity contribution < 1.29 is 0 Å². The Hall–Kier alpha value is -6.44. The number of rotatable bonds is 2. The predicted octanol–water partition coefficient (Wildman–Crippen LogP) is 13.1. The molecule has 1 aromatic heterocycles. The molecule has 2 aliphatic carbocycles. The van der Waals surface area contributed by atoms with Crippen LogP contribution in [0.3, 0.4) is 0 Å². The Morgan fingerprint density at radius 3 is 1.61 bits per heavy atom. The summed E-state index contributed by atoms with van der Waals surface area (Å²) in [5, 5.41) is 10.6. The van der Waals surface area contributed by atoms with E-state index < -0.39 is 0 Å². The second-order valence-electron chi connectivity index (χ2n) is 14.4. The number of para-hydroxylation sites is 1. The van der Waals surface area contributed by atoms with Gasteiger partial charge in [0.25, 0.3) is 0 Å². The number of benzene rings is 9. The van der Waals surface area contributed by atoms with Crippen molar-refractivity contribution in [3.8, 4) is 39.1 Å². The highest BCUT2D eigenvalue weighted by atomic mass is 15.0. The van der Waals surface area contributed by atoms with Gasteiger partial charge in [-0.15, -0.1) is 0 Å². The van der Waals surface area contributed by atoms with Crippen molar-refractivity contribution in [3.05, 3.63) is 186 Å². The monoisotopic (exact) mass is 645 g/mol. The molecular formula is C50H31N. The fourth-order valence-electron chi connectivity index (χ4n) is 9.65. The minimum atomic E-state index is 0.941. The lowest BCUT2D eigenvalue weighted by molar-refractivity contribution is 1.17. The van der Waals surface area contributed by atoms with Gasteiger partial charge >= 0.3 is 0 Å². The third-order valence-electron chi connectivity index (χ3n) is 11.8. The van der Waals surface area contributed by atoms with Crippen LogP contribution in [0.5, 0.6) is 0 Å². The number of fused-ring (bicyclic) bond motifs is 16. The fraction of sp³-hybridized carbons (Fsp3) is 0.0400. The summed E-state index contributed by atoms with van der Waals surface area (Å²) in [6.45, 7) is 0. The van der Waals surface area contributed by atoms with Gasteiger partial charge in [0.1, 0.15) is 0 Å². The highest BCUT2D eigenvalue weighted by Crippen LogP contribution is 2.48. The van der Waals surface area contributed by atoms with Crippen LogP contribution in [0.25, 0.3) is 93.2 Å². The number of hydrogen-bond donors (Lipinski definition) is 0. The Morgan fingerprint density at radius 2 is 0.882 bits per heavy atom. The molecule has 0 saturated carbocycles. The molecular weight excluding hydrogens is 615 g/mol. The van der Waals surface area contributed by atoms with Gasteiger partial charge in [-0.05, 0) is 131 Å². The highest BCUT2D eigenvalue weighted by molar-refractivity contribution is 6.26. The van der Waals surface area contributed by atoms with Gasteiger partial charge in [0.05, 0.1) is 11.0 Å². The third-order valence-corrected chi connectivity index (χ3v) is 11.8. The molecule has 1 heterocycles. The molecule has 0 radical (unpaired) electrons. The van der Waals surface area contributed by atoms with E-state index in [1.807, 2.05) is 0 Å². The molecule has 1 nitrogen and oxygen atoms in total. The lowest BCUT2D eigenvalue weighted by atomic mass is 9.90. The van der Waals surface area contributed by atoms with E-state index >= 15 is 0 Å². The summed E-state index contributed by atoms with van der Waals surface area (Å²) in [7, 11) is 0. The van der Waals surface area contributed by atoms with E-state index in [2.05, 4.69) is 168 Å². The molecule has 236 valence electrons. The SMILES string of the molecule is c1ccc2c(c1)Cc1c(-c3ccc4c5ccccc5c5ccccc5c4c3)cc(-n3c4ccccc4c4c5c(ccc43)-c3ccccc3C5)cc1-2. The molecule has 9 aromatic carbocycles. The first-order valence-electron chi connectivity index (χ1n) is 18.0. The van der Waals surface area contributed by atoms with Gasteiger partial charge in [0.2, 0.25) is 0 Å². The third kappa shape index (κ3) is 3.70. The molecule has 0 amide bonds. The van der Waals surface area contributed by atoms with Gasteiger partial charge in [0, 0.05) is 16.5 Å². The molecule has 0 fully saturated rings. The lowest BCUT2D eigenvalue weighted by Gasteiger charge is -2.17. The summed E-state index contributed by atoms with van der Waals surface area (Å²) in [5.41, 5.74) is 17.5. The van der Waals surface area contributed by atoms with Gasteiger partial charge in [-0.3, -0.25) is 0 Å². The number of aromatic nitrogens is 1. The average Bonchev–Trinajstić information content (AvgIpc) is 3.87. The summed E-state index contributed by atoms with van der Waals surface area (Å²) in [6, 6.07) is 61.5. The van der Waals surface area contributed by atoms with Crippen LogP contribution in [0.4, 0.5) is 0 Å². The molecule has 12 rings (SSSR count). The highest BCUT2D eigenvalue weighted by Gasteiger charge is 2.27. The van der Waals surface area contributed by atoms with Gasteiger partial charge in [-0.1, -0.05) is 133 Å². The molecule has 0 saturated heterocycles. The minimum Gasteiger partial charge on any atom is -0.309 e. The first-order chi connectivity index (χ1) is 25.3. The number of hydrogen-bond acceptors (Lipinski definition) is 0. The zero-order valence-corrected chi connectivity index (χ0v) is 27.9. The van der Waals surface area contributed by atoms with Crippen LogP contribution >= 0.6 is 0 Å². The van der Waals surface area contributed by atoms with Crippen molar-refractivity contribution in [2.45, 2.75) is 12.8 Å². The molecule has 0 unspecified atom stereocenters. The van der Waals surface area contributed by atoms with E-state index in [4.69, 9.17) is 0 Å². The second-order valence-corrected chi connectivity index (χ2v) is 14.4. The van der Waals surface area contributed by atoms with Crippen LogP contribution in [0, 0.1) is 0 Å². The lowest BCUT2D eigenvalue weighted by Crippen LogP contribution is -1.98. The standard InChI is InChI=1S/C50H31N/c1-3-13-34-31(12-1)27-47-40(34)23-24-49-50(47)42-19-9-10-20-48(42)51(49)33-28-43(45-25-30-11-2-4-14-35(30)46(45)29-33)32-21-22-41-38-17-6-5-15-36(38)37-16-7-8-18-39(37)44(41)26-32/h1-24,26,28-29H,25,27H2.